The van der Waals surface area contributed by atoms with Crippen LogP contribution in [0.1, 0.15) is 58.1 Å². The molecule has 2 aliphatic rings. The quantitative estimate of drug-likeness (QED) is 0.776. The first-order chi connectivity index (χ1) is 8.90. The number of hydrogen-bond donors (Lipinski definition) is 1. The summed E-state index contributed by atoms with van der Waals surface area (Å²) < 4.78 is 0. The van der Waals surface area contributed by atoms with Crippen molar-refractivity contribution in [1.29, 1.82) is 0 Å². The van der Waals surface area contributed by atoms with Gasteiger partial charge in [-0.2, -0.15) is 0 Å². The van der Waals surface area contributed by atoms with Gasteiger partial charge in [0, 0.05) is 5.41 Å². The number of fused-ring (bicyclic) bond motifs is 4. The molecule has 1 nitrogen and oxygen atoms in total. The van der Waals surface area contributed by atoms with Crippen LogP contribution in [0.2, 0.25) is 0 Å². The van der Waals surface area contributed by atoms with Gasteiger partial charge >= 0.3 is 0 Å². The van der Waals surface area contributed by atoms with Crippen LogP contribution in [0.5, 0.6) is 5.75 Å². The van der Waals surface area contributed by atoms with Crippen LogP contribution < -0.4 is 0 Å². The van der Waals surface area contributed by atoms with Gasteiger partial charge in [-0.25, -0.2) is 0 Å². The fourth-order valence-corrected chi connectivity index (χ4v) is 5.01. The zero-order chi connectivity index (χ0) is 13.8. The average Bonchev–Trinajstić information content (AvgIpc) is 2.36. The summed E-state index contributed by atoms with van der Waals surface area (Å²) in [5.41, 5.74) is 3.47. The van der Waals surface area contributed by atoms with E-state index in [0.29, 0.717) is 11.2 Å². The number of hydrogen-bond acceptors (Lipinski definition) is 1. The van der Waals surface area contributed by atoms with Crippen molar-refractivity contribution in [2.75, 3.05) is 0 Å². The van der Waals surface area contributed by atoms with Gasteiger partial charge in [-0.05, 0) is 66.2 Å². The molecule has 3 rings (SSSR count). The Morgan fingerprint density at radius 2 is 2.05 bits per heavy atom. The molecule has 19 heavy (non-hydrogen) atoms. The summed E-state index contributed by atoms with van der Waals surface area (Å²) in [4.78, 5) is 0. The summed E-state index contributed by atoms with van der Waals surface area (Å²) in [6, 6.07) is 6.07. The highest BCUT2D eigenvalue weighted by Gasteiger charge is 2.55. The highest BCUT2D eigenvalue weighted by atomic mass is 16.3. The van der Waals surface area contributed by atoms with E-state index in [1.807, 2.05) is 6.07 Å². The average molecular weight is 258 g/mol. The predicted molar refractivity (Wildman–Crippen MR) is 79.4 cm³/mol. The van der Waals surface area contributed by atoms with Crippen molar-refractivity contribution < 1.29 is 5.11 Å². The Morgan fingerprint density at radius 3 is 2.74 bits per heavy atom. The zero-order valence-electron chi connectivity index (χ0n) is 12.7. The lowest BCUT2D eigenvalue weighted by molar-refractivity contribution is -0.00878. The molecule has 1 heteroatoms. The molecule has 1 N–H and O–H groups in total. The third kappa shape index (κ3) is 1.60. The summed E-state index contributed by atoms with van der Waals surface area (Å²) in [5, 5.41) is 9.93. The van der Waals surface area contributed by atoms with Gasteiger partial charge in [-0.15, -0.1) is 0 Å². The number of phenols is 1. The number of rotatable bonds is 1. The molecule has 3 unspecified atom stereocenters. The molecular formula is C18H26O. The highest BCUT2D eigenvalue weighted by molar-refractivity contribution is 5.44. The van der Waals surface area contributed by atoms with Crippen molar-refractivity contribution in [1.82, 2.24) is 0 Å². The van der Waals surface area contributed by atoms with E-state index in [4.69, 9.17) is 0 Å². The van der Waals surface area contributed by atoms with Crippen molar-refractivity contribution in [3.63, 3.8) is 0 Å². The van der Waals surface area contributed by atoms with E-state index < -0.39 is 0 Å². The van der Waals surface area contributed by atoms with E-state index >= 15 is 0 Å². The highest BCUT2D eigenvalue weighted by Crippen LogP contribution is 2.61. The standard InChI is InChI=1S/C18H26O/c1-5-18-11-13(8-12(2)17(18,3)4)9-14-6-7-15(19)10-16(14)18/h6-7,10,12-13,19H,5,8-9,11H2,1-4H3. The van der Waals surface area contributed by atoms with Crippen LogP contribution in [0.25, 0.3) is 0 Å². The van der Waals surface area contributed by atoms with Crippen LogP contribution in [0, 0.1) is 17.3 Å². The molecule has 0 amide bonds. The lowest BCUT2D eigenvalue weighted by atomic mass is 9.45. The van der Waals surface area contributed by atoms with Gasteiger partial charge in [0.15, 0.2) is 0 Å². The second-order valence-corrected chi connectivity index (χ2v) is 7.41. The Bertz CT molecular complexity index is 502. The zero-order valence-corrected chi connectivity index (χ0v) is 12.7. The molecule has 0 aromatic heterocycles. The first kappa shape index (κ1) is 13.0. The van der Waals surface area contributed by atoms with E-state index in [0.717, 1.165) is 11.8 Å². The SMILES string of the molecule is CCC12CC(Cc3ccc(O)cc31)CC(C)C2(C)C. The molecule has 2 bridgehead atoms. The number of phenolic OH excluding ortho intramolecular Hbond substituents is 1. The molecule has 0 aliphatic heterocycles. The molecule has 0 spiro atoms. The summed E-state index contributed by atoms with van der Waals surface area (Å²) in [6.07, 6.45) is 5.04. The molecule has 1 aromatic rings. The third-order valence-corrected chi connectivity index (χ3v) is 6.51. The predicted octanol–water partition coefficient (Wildman–Crippen LogP) is 4.67. The second kappa shape index (κ2) is 4.01. The minimum Gasteiger partial charge on any atom is -0.508 e. The third-order valence-electron chi connectivity index (χ3n) is 6.51. The summed E-state index contributed by atoms with van der Waals surface area (Å²) in [5.74, 6) is 2.01. The molecule has 104 valence electrons. The first-order valence-corrected chi connectivity index (χ1v) is 7.73. The fourth-order valence-electron chi connectivity index (χ4n) is 5.01. The van der Waals surface area contributed by atoms with Gasteiger partial charge in [0.25, 0.3) is 0 Å². The maximum atomic E-state index is 9.93. The van der Waals surface area contributed by atoms with Gasteiger partial charge in [-0.3, -0.25) is 0 Å². The van der Waals surface area contributed by atoms with Crippen molar-refractivity contribution in [2.24, 2.45) is 17.3 Å². The van der Waals surface area contributed by atoms with Crippen LogP contribution in [-0.2, 0) is 11.8 Å². The normalized spacial score (nSPS) is 35.8. The van der Waals surface area contributed by atoms with Gasteiger partial charge in [0.05, 0.1) is 0 Å². The van der Waals surface area contributed by atoms with E-state index in [9.17, 15) is 5.11 Å². The Balaban J connectivity index is 2.24. The van der Waals surface area contributed by atoms with Gasteiger partial charge in [0.1, 0.15) is 5.75 Å². The van der Waals surface area contributed by atoms with Crippen molar-refractivity contribution >= 4 is 0 Å². The van der Waals surface area contributed by atoms with E-state index in [2.05, 4.69) is 39.8 Å². The maximum Gasteiger partial charge on any atom is 0.115 e. The second-order valence-electron chi connectivity index (χ2n) is 7.41. The molecule has 1 saturated carbocycles. The van der Waals surface area contributed by atoms with Crippen LogP contribution in [0.4, 0.5) is 0 Å². The van der Waals surface area contributed by atoms with Crippen molar-refractivity contribution in [2.45, 2.75) is 58.8 Å². The summed E-state index contributed by atoms with van der Waals surface area (Å²) in [7, 11) is 0. The van der Waals surface area contributed by atoms with E-state index in [1.165, 1.54) is 36.8 Å². The summed E-state index contributed by atoms with van der Waals surface area (Å²) in [6.45, 7) is 9.63. The molecule has 2 aliphatic carbocycles. The molecule has 0 heterocycles. The maximum absolute atomic E-state index is 9.93. The molecule has 1 fully saturated rings. The Labute approximate surface area is 117 Å². The van der Waals surface area contributed by atoms with E-state index in [-0.39, 0.29) is 5.41 Å². The lowest BCUT2D eigenvalue weighted by Crippen LogP contribution is -2.53. The molecule has 0 radical (unpaired) electrons. The number of aromatic hydroxyl groups is 1. The molecule has 3 atom stereocenters. The Morgan fingerprint density at radius 1 is 1.32 bits per heavy atom. The molecule has 1 aromatic carbocycles. The van der Waals surface area contributed by atoms with Crippen molar-refractivity contribution in [3.8, 4) is 5.75 Å². The van der Waals surface area contributed by atoms with Gasteiger partial charge in [0.2, 0.25) is 0 Å². The molecular weight excluding hydrogens is 232 g/mol. The van der Waals surface area contributed by atoms with Crippen LogP contribution >= 0.6 is 0 Å². The van der Waals surface area contributed by atoms with Crippen LogP contribution in [0.15, 0.2) is 18.2 Å². The Kier molecular flexibility index (Phi) is 2.75. The molecule has 0 saturated heterocycles. The monoisotopic (exact) mass is 258 g/mol. The van der Waals surface area contributed by atoms with Crippen molar-refractivity contribution in [3.05, 3.63) is 29.3 Å². The smallest absolute Gasteiger partial charge is 0.115 e. The minimum atomic E-state index is 0.252. The summed E-state index contributed by atoms with van der Waals surface area (Å²) >= 11 is 0. The minimum absolute atomic E-state index is 0.252. The van der Waals surface area contributed by atoms with Gasteiger partial charge < -0.3 is 5.11 Å². The topological polar surface area (TPSA) is 20.2 Å². The fraction of sp³-hybridized carbons (Fsp3) is 0.667. The Hall–Kier alpha value is -0.980. The van der Waals surface area contributed by atoms with Crippen LogP contribution in [0.3, 0.4) is 0 Å². The first-order valence-electron chi connectivity index (χ1n) is 7.73. The van der Waals surface area contributed by atoms with Crippen LogP contribution in [-0.4, -0.2) is 5.11 Å². The van der Waals surface area contributed by atoms with Gasteiger partial charge in [-0.1, -0.05) is 33.8 Å². The van der Waals surface area contributed by atoms with E-state index in [1.54, 1.807) is 0 Å². The largest absolute Gasteiger partial charge is 0.508 e. The lowest BCUT2D eigenvalue weighted by Gasteiger charge is -2.59. The number of benzene rings is 1.